The summed E-state index contributed by atoms with van der Waals surface area (Å²) in [6.07, 6.45) is 2.87. The first-order valence-corrected chi connectivity index (χ1v) is 4.51. The second-order valence-corrected chi connectivity index (χ2v) is 3.58. The van der Waals surface area contributed by atoms with Crippen LogP contribution in [0, 0.1) is 6.92 Å². The van der Waals surface area contributed by atoms with Crippen LogP contribution >= 0.6 is 11.3 Å². The number of rotatable bonds is 4. The van der Waals surface area contributed by atoms with E-state index in [1.54, 1.807) is 11.3 Å². The first kappa shape index (κ1) is 8.49. The van der Waals surface area contributed by atoms with E-state index in [4.69, 9.17) is 5.73 Å². The van der Waals surface area contributed by atoms with Gasteiger partial charge in [-0.05, 0) is 19.9 Å². The standard InChI is InChI=1S/C7H13N3S/c1-6-5-10-7(11-6)9-4-2-3-8/h5H,2-4,8H2,1H3,(H,9,10). The molecule has 0 bridgehead atoms. The highest BCUT2D eigenvalue weighted by Crippen LogP contribution is 2.15. The number of nitrogens with two attached hydrogens (primary N) is 1. The first-order valence-electron chi connectivity index (χ1n) is 3.69. The molecule has 11 heavy (non-hydrogen) atoms. The molecular formula is C7H13N3S. The molecule has 0 aliphatic carbocycles. The van der Waals surface area contributed by atoms with Gasteiger partial charge < -0.3 is 11.1 Å². The summed E-state index contributed by atoms with van der Waals surface area (Å²) in [5, 5.41) is 4.19. The Kier molecular flexibility index (Phi) is 3.32. The van der Waals surface area contributed by atoms with E-state index in [1.165, 1.54) is 4.88 Å². The Bertz CT molecular complexity index is 209. The Morgan fingerprint density at radius 1 is 1.73 bits per heavy atom. The van der Waals surface area contributed by atoms with Gasteiger partial charge in [0.2, 0.25) is 0 Å². The van der Waals surface area contributed by atoms with Crippen molar-refractivity contribution in [3.63, 3.8) is 0 Å². The monoisotopic (exact) mass is 171 g/mol. The van der Waals surface area contributed by atoms with Crippen molar-refractivity contribution in [1.82, 2.24) is 4.98 Å². The van der Waals surface area contributed by atoms with Crippen LogP contribution in [0.4, 0.5) is 5.13 Å². The Balaban J connectivity index is 2.27. The molecule has 0 atom stereocenters. The molecule has 1 aromatic heterocycles. The molecule has 3 N–H and O–H groups in total. The first-order chi connectivity index (χ1) is 5.33. The van der Waals surface area contributed by atoms with Crippen LogP contribution in [0.1, 0.15) is 11.3 Å². The van der Waals surface area contributed by atoms with E-state index in [0.717, 1.165) is 24.6 Å². The van der Waals surface area contributed by atoms with Gasteiger partial charge in [0.15, 0.2) is 5.13 Å². The van der Waals surface area contributed by atoms with Crippen molar-refractivity contribution in [3.05, 3.63) is 11.1 Å². The van der Waals surface area contributed by atoms with Crippen LogP contribution in [-0.2, 0) is 0 Å². The van der Waals surface area contributed by atoms with E-state index < -0.39 is 0 Å². The molecule has 0 aromatic carbocycles. The second-order valence-electron chi connectivity index (χ2n) is 2.35. The molecule has 1 heterocycles. The molecule has 1 aromatic rings. The molecule has 0 aliphatic heterocycles. The van der Waals surface area contributed by atoms with Gasteiger partial charge in [-0.15, -0.1) is 11.3 Å². The highest BCUT2D eigenvalue weighted by Gasteiger charge is 1.94. The predicted octanol–water partition coefficient (Wildman–Crippen LogP) is 1.21. The zero-order valence-electron chi connectivity index (χ0n) is 6.63. The number of nitrogens with zero attached hydrogens (tertiary/aromatic N) is 1. The lowest BCUT2D eigenvalue weighted by atomic mass is 10.4. The van der Waals surface area contributed by atoms with Gasteiger partial charge in [0, 0.05) is 17.6 Å². The van der Waals surface area contributed by atoms with Crippen LogP contribution in [0.5, 0.6) is 0 Å². The summed E-state index contributed by atoms with van der Waals surface area (Å²) >= 11 is 1.68. The van der Waals surface area contributed by atoms with Crippen molar-refractivity contribution in [2.24, 2.45) is 5.73 Å². The second kappa shape index (κ2) is 4.31. The van der Waals surface area contributed by atoms with Crippen molar-refractivity contribution in [2.45, 2.75) is 13.3 Å². The molecule has 1 rings (SSSR count). The number of anilines is 1. The number of aryl methyl sites for hydroxylation is 1. The third-order valence-corrected chi connectivity index (χ3v) is 2.15. The van der Waals surface area contributed by atoms with E-state index >= 15 is 0 Å². The fourth-order valence-corrected chi connectivity index (χ4v) is 1.42. The molecule has 4 heteroatoms. The zero-order chi connectivity index (χ0) is 8.10. The van der Waals surface area contributed by atoms with Gasteiger partial charge in [-0.3, -0.25) is 0 Å². The maximum Gasteiger partial charge on any atom is 0.182 e. The Morgan fingerprint density at radius 2 is 2.55 bits per heavy atom. The third-order valence-electron chi connectivity index (χ3n) is 1.28. The Labute approximate surface area is 70.6 Å². The number of hydrogen-bond donors (Lipinski definition) is 2. The molecule has 0 amide bonds. The lowest BCUT2D eigenvalue weighted by Crippen LogP contribution is -2.07. The van der Waals surface area contributed by atoms with E-state index in [9.17, 15) is 0 Å². The summed E-state index contributed by atoms with van der Waals surface area (Å²) in [6, 6.07) is 0. The number of thiazole rings is 1. The van der Waals surface area contributed by atoms with Gasteiger partial charge in [-0.2, -0.15) is 0 Å². The van der Waals surface area contributed by atoms with Crippen molar-refractivity contribution in [2.75, 3.05) is 18.4 Å². The van der Waals surface area contributed by atoms with E-state index in [1.807, 2.05) is 13.1 Å². The highest BCUT2D eigenvalue weighted by atomic mass is 32.1. The van der Waals surface area contributed by atoms with Crippen LogP contribution in [0.15, 0.2) is 6.20 Å². The largest absolute Gasteiger partial charge is 0.361 e. The number of hydrogen-bond acceptors (Lipinski definition) is 4. The van der Waals surface area contributed by atoms with Gasteiger partial charge in [0.1, 0.15) is 0 Å². The minimum Gasteiger partial charge on any atom is -0.361 e. The van der Waals surface area contributed by atoms with Crippen molar-refractivity contribution in [3.8, 4) is 0 Å². The van der Waals surface area contributed by atoms with Gasteiger partial charge >= 0.3 is 0 Å². The SMILES string of the molecule is Cc1cnc(NCCCN)s1. The molecular weight excluding hydrogens is 158 g/mol. The van der Waals surface area contributed by atoms with Gasteiger partial charge in [0.25, 0.3) is 0 Å². The van der Waals surface area contributed by atoms with E-state index in [0.29, 0.717) is 0 Å². The maximum atomic E-state index is 5.34. The summed E-state index contributed by atoms with van der Waals surface area (Å²) in [5.41, 5.74) is 5.34. The van der Waals surface area contributed by atoms with Gasteiger partial charge in [0.05, 0.1) is 0 Å². The average Bonchev–Trinajstić information content (AvgIpc) is 2.37. The van der Waals surface area contributed by atoms with Crippen molar-refractivity contribution in [1.29, 1.82) is 0 Å². The summed E-state index contributed by atoms with van der Waals surface area (Å²) in [6.45, 7) is 3.70. The number of nitrogens with one attached hydrogen (secondary N) is 1. The fraction of sp³-hybridized carbons (Fsp3) is 0.571. The predicted molar refractivity (Wildman–Crippen MR) is 49.0 cm³/mol. The van der Waals surface area contributed by atoms with Crippen molar-refractivity contribution < 1.29 is 0 Å². The molecule has 0 spiro atoms. The lowest BCUT2D eigenvalue weighted by Gasteiger charge is -1.98. The lowest BCUT2D eigenvalue weighted by molar-refractivity contribution is 0.873. The summed E-state index contributed by atoms with van der Waals surface area (Å²) < 4.78 is 0. The number of aromatic nitrogens is 1. The molecule has 0 radical (unpaired) electrons. The minimum absolute atomic E-state index is 0.733. The highest BCUT2D eigenvalue weighted by molar-refractivity contribution is 7.15. The molecule has 0 saturated heterocycles. The molecule has 0 saturated carbocycles. The topological polar surface area (TPSA) is 50.9 Å². The summed E-state index contributed by atoms with van der Waals surface area (Å²) in [4.78, 5) is 5.39. The van der Waals surface area contributed by atoms with Crippen LogP contribution < -0.4 is 11.1 Å². The fourth-order valence-electron chi connectivity index (χ4n) is 0.734. The normalized spacial score (nSPS) is 10.0. The molecule has 0 unspecified atom stereocenters. The van der Waals surface area contributed by atoms with E-state index in [2.05, 4.69) is 10.3 Å². The van der Waals surface area contributed by atoms with Crippen LogP contribution in [0.25, 0.3) is 0 Å². The average molecular weight is 171 g/mol. The quantitative estimate of drug-likeness (QED) is 0.669. The van der Waals surface area contributed by atoms with Gasteiger partial charge in [-0.1, -0.05) is 0 Å². The zero-order valence-corrected chi connectivity index (χ0v) is 7.45. The smallest absolute Gasteiger partial charge is 0.182 e. The van der Waals surface area contributed by atoms with Crippen molar-refractivity contribution >= 4 is 16.5 Å². The Hall–Kier alpha value is -0.610. The van der Waals surface area contributed by atoms with Crippen LogP contribution in [0.2, 0.25) is 0 Å². The minimum atomic E-state index is 0.733. The molecule has 0 fully saturated rings. The molecule has 0 aliphatic rings. The third kappa shape index (κ3) is 2.86. The van der Waals surface area contributed by atoms with Crippen LogP contribution in [0.3, 0.4) is 0 Å². The van der Waals surface area contributed by atoms with Gasteiger partial charge in [-0.25, -0.2) is 4.98 Å². The van der Waals surface area contributed by atoms with Crippen LogP contribution in [-0.4, -0.2) is 18.1 Å². The summed E-state index contributed by atoms with van der Waals surface area (Å²) in [5.74, 6) is 0. The van der Waals surface area contributed by atoms with E-state index in [-0.39, 0.29) is 0 Å². The molecule has 62 valence electrons. The Morgan fingerprint density at radius 3 is 3.09 bits per heavy atom. The maximum absolute atomic E-state index is 5.34. The molecule has 3 nitrogen and oxygen atoms in total. The summed E-state index contributed by atoms with van der Waals surface area (Å²) in [7, 11) is 0.